The van der Waals surface area contributed by atoms with E-state index in [9.17, 15) is 50.5 Å². The van der Waals surface area contributed by atoms with E-state index in [0.717, 1.165) is 18.2 Å². The van der Waals surface area contributed by atoms with Crippen molar-refractivity contribution in [3.8, 4) is 0 Å². The third kappa shape index (κ3) is 7.31. The number of hydrogen-bond acceptors (Lipinski definition) is 5. The molecule has 3 amide bonds. The highest BCUT2D eigenvalue weighted by Crippen LogP contribution is 2.50. The largest absolute Gasteiger partial charge is 0.430 e. The molecule has 2 aromatic rings. The van der Waals surface area contributed by atoms with Crippen molar-refractivity contribution >= 4 is 17.6 Å². The van der Waals surface area contributed by atoms with E-state index < -0.39 is 47.3 Å². The van der Waals surface area contributed by atoms with E-state index in [4.69, 9.17) is 0 Å². The summed E-state index contributed by atoms with van der Waals surface area (Å²) in [6.07, 6.45) is -11.9. The van der Waals surface area contributed by atoms with Crippen LogP contribution in [-0.4, -0.2) is 83.1 Å². The molecule has 0 aliphatic carbocycles. The Bertz CT molecular complexity index is 1230. The molecule has 0 aromatic heterocycles. The van der Waals surface area contributed by atoms with Gasteiger partial charge in [-0.3, -0.25) is 9.69 Å². The number of urea groups is 1. The van der Waals surface area contributed by atoms with E-state index in [-0.39, 0.29) is 43.4 Å². The van der Waals surface area contributed by atoms with Gasteiger partial charge in [-0.15, -0.1) is 0 Å². The highest BCUT2D eigenvalue weighted by molar-refractivity contribution is 5.95. The van der Waals surface area contributed by atoms with Gasteiger partial charge in [0, 0.05) is 43.9 Å². The number of anilines is 1. The fraction of sp³-hybridized carbons (Fsp3) is 0.481. The number of benzene rings is 2. The van der Waals surface area contributed by atoms with Gasteiger partial charge in [0.1, 0.15) is 5.82 Å². The lowest BCUT2D eigenvalue weighted by atomic mass is 9.91. The van der Waals surface area contributed by atoms with Crippen molar-refractivity contribution in [1.82, 2.24) is 15.1 Å². The Morgan fingerprint density at radius 1 is 0.929 bits per heavy atom. The zero-order valence-electron chi connectivity index (χ0n) is 22.7. The molecule has 3 rings (SSSR count). The van der Waals surface area contributed by atoms with Crippen LogP contribution in [0.15, 0.2) is 42.5 Å². The van der Waals surface area contributed by atoms with Crippen LogP contribution in [0.25, 0.3) is 0 Å². The SMILES string of the molecule is CC(C)C(CO)NC(=O)Nc1ccc(C(=O)N2CCN(Cc3ccc(C(O)(C(F)(F)F)C(F)(F)F)cc3)CC2)cc1F. The van der Waals surface area contributed by atoms with E-state index in [0.29, 0.717) is 30.8 Å². The number of aliphatic hydroxyl groups is 2. The lowest BCUT2D eigenvalue weighted by molar-refractivity contribution is -0.376. The number of nitrogens with zero attached hydrogens (tertiary/aromatic N) is 2. The average Bonchev–Trinajstić information content (AvgIpc) is 2.91. The van der Waals surface area contributed by atoms with Crippen molar-refractivity contribution < 1.29 is 50.5 Å². The number of halogens is 7. The number of rotatable bonds is 8. The zero-order chi connectivity index (χ0) is 31.5. The first-order chi connectivity index (χ1) is 19.5. The Labute approximate surface area is 237 Å². The Balaban J connectivity index is 1.57. The minimum Gasteiger partial charge on any atom is -0.394 e. The normalized spacial score (nSPS) is 16.0. The molecule has 8 nitrogen and oxygen atoms in total. The number of alkyl halides is 6. The predicted molar refractivity (Wildman–Crippen MR) is 138 cm³/mol. The van der Waals surface area contributed by atoms with Crippen LogP contribution in [0.1, 0.15) is 35.3 Å². The number of amides is 3. The first-order valence-electron chi connectivity index (χ1n) is 12.9. The maximum absolute atomic E-state index is 14.6. The first-order valence-corrected chi connectivity index (χ1v) is 12.9. The molecule has 1 saturated heterocycles. The molecule has 42 heavy (non-hydrogen) atoms. The molecule has 0 bridgehead atoms. The Kier molecular flexibility index (Phi) is 10.1. The van der Waals surface area contributed by atoms with E-state index in [1.165, 1.54) is 17.0 Å². The van der Waals surface area contributed by atoms with Crippen molar-refractivity contribution in [3.05, 3.63) is 65.0 Å². The van der Waals surface area contributed by atoms with E-state index >= 15 is 0 Å². The molecule has 232 valence electrons. The Hall–Kier alpha value is -3.43. The number of carbonyl (C=O) groups excluding carboxylic acids is 2. The van der Waals surface area contributed by atoms with Gasteiger partial charge in [0.2, 0.25) is 0 Å². The third-order valence-corrected chi connectivity index (χ3v) is 7.04. The lowest BCUT2D eigenvalue weighted by Gasteiger charge is -2.35. The van der Waals surface area contributed by atoms with Crippen LogP contribution >= 0.6 is 0 Å². The van der Waals surface area contributed by atoms with Crippen molar-refractivity contribution in [2.75, 3.05) is 38.1 Å². The molecule has 1 atom stereocenters. The molecular weight excluding hydrogens is 577 g/mol. The Morgan fingerprint density at radius 2 is 1.50 bits per heavy atom. The topological polar surface area (TPSA) is 105 Å². The van der Waals surface area contributed by atoms with Gasteiger partial charge in [-0.25, -0.2) is 9.18 Å². The first kappa shape index (κ1) is 33.1. The maximum atomic E-state index is 14.6. The Morgan fingerprint density at radius 3 is 1.98 bits per heavy atom. The summed E-state index contributed by atoms with van der Waals surface area (Å²) < 4.78 is 93.2. The van der Waals surface area contributed by atoms with E-state index in [1.807, 2.05) is 4.90 Å². The van der Waals surface area contributed by atoms with Crippen LogP contribution in [0, 0.1) is 11.7 Å². The highest BCUT2D eigenvalue weighted by Gasteiger charge is 2.71. The predicted octanol–water partition coefficient (Wildman–Crippen LogP) is 4.23. The lowest BCUT2D eigenvalue weighted by Crippen LogP contribution is -2.53. The smallest absolute Gasteiger partial charge is 0.394 e. The number of hydrogen-bond donors (Lipinski definition) is 4. The molecule has 1 unspecified atom stereocenters. The molecule has 0 saturated carbocycles. The number of nitrogens with one attached hydrogen (secondary N) is 2. The van der Waals surface area contributed by atoms with Crippen LogP contribution in [0.5, 0.6) is 0 Å². The maximum Gasteiger partial charge on any atom is 0.430 e. The van der Waals surface area contributed by atoms with Crippen molar-refractivity contribution in [2.24, 2.45) is 5.92 Å². The fourth-order valence-electron chi connectivity index (χ4n) is 4.39. The summed E-state index contributed by atoms with van der Waals surface area (Å²) in [7, 11) is 0. The summed E-state index contributed by atoms with van der Waals surface area (Å²) in [6, 6.07) is 5.64. The van der Waals surface area contributed by atoms with Gasteiger partial charge in [-0.05, 0) is 29.7 Å². The molecule has 0 radical (unpaired) electrons. The van der Waals surface area contributed by atoms with Crippen LogP contribution in [0.3, 0.4) is 0 Å². The summed E-state index contributed by atoms with van der Waals surface area (Å²) in [5.41, 5.74) is -6.07. The number of carbonyl (C=O) groups is 2. The van der Waals surface area contributed by atoms with Crippen LogP contribution in [-0.2, 0) is 12.1 Å². The number of piperazine rings is 1. The van der Waals surface area contributed by atoms with E-state index in [1.54, 1.807) is 13.8 Å². The van der Waals surface area contributed by atoms with Crippen LogP contribution < -0.4 is 10.6 Å². The van der Waals surface area contributed by atoms with Gasteiger partial charge in [-0.1, -0.05) is 38.1 Å². The summed E-state index contributed by atoms with van der Waals surface area (Å²) >= 11 is 0. The highest BCUT2D eigenvalue weighted by atomic mass is 19.4. The molecule has 1 aliphatic heterocycles. The quantitative estimate of drug-likeness (QED) is 0.336. The van der Waals surface area contributed by atoms with Gasteiger partial charge in [0.15, 0.2) is 0 Å². The zero-order valence-corrected chi connectivity index (χ0v) is 22.7. The molecule has 2 aromatic carbocycles. The standard InChI is InChI=1S/C27H31F7N4O4/c1-16(2)22(15-39)36-24(41)35-21-8-5-18(13-20(21)28)23(40)38-11-9-37(10-12-38)14-17-3-6-19(7-4-17)25(42,26(29,30)31)27(32,33)34/h3-8,13,16,22,39,42H,9-12,14-15H2,1-2H3,(H2,35,36,41). The average molecular weight is 609 g/mol. The van der Waals surface area contributed by atoms with Crippen LogP contribution in [0.2, 0.25) is 0 Å². The second kappa shape index (κ2) is 12.8. The second-order valence-electron chi connectivity index (χ2n) is 10.3. The summed E-state index contributed by atoms with van der Waals surface area (Å²) in [4.78, 5) is 28.3. The van der Waals surface area contributed by atoms with Crippen molar-refractivity contribution in [2.45, 2.75) is 44.4 Å². The molecule has 1 heterocycles. The molecular formula is C27H31F7N4O4. The summed E-state index contributed by atoms with van der Waals surface area (Å²) in [5.74, 6) is -1.37. The molecule has 4 N–H and O–H groups in total. The minimum absolute atomic E-state index is 0.0414. The molecule has 1 fully saturated rings. The third-order valence-electron chi connectivity index (χ3n) is 7.04. The monoisotopic (exact) mass is 608 g/mol. The van der Waals surface area contributed by atoms with Gasteiger partial charge in [0.05, 0.1) is 18.3 Å². The minimum atomic E-state index is -5.97. The van der Waals surface area contributed by atoms with Crippen molar-refractivity contribution in [3.63, 3.8) is 0 Å². The molecule has 15 heteroatoms. The molecule has 0 spiro atoms. The van der Waals surface area contributed by atoms with Crippen LogP contribution in [0.4, 0.5) is 41.2 Å². The molecule has 1 aliphatic rings. The fourth-order valence-corrected chi connectivity index (χ4v) is 4.39. The number of aliphatic hydroxyl groups excluding tert-OH is 1. The summed E-state index contributed by atoms with van der Waals surface area (Å²) in [5, 5.41) is 23.7. The van der Waals surface area contributed by atoms with Gasteiger partial charge >= 0.3 is 18.4 Å². The van der Waals surface area contributed by atoms with Crippen molar-refractivity contribution in [1.29, 1.82) is 0 Å². The van der Waals surface area contributed by atoms with Gasteiger partial charge < -0.3 is 25.7 Å². The second-order valence-corrected chi connectivity index (χ2v) is 10.3. The van der Waals surface area contributed by atoms with E-state index in [2.05, 4.69) is 10.6 Å². The van der Waals surface area contributed by atoms with Gasteiger partial charge in [0.25, 0.3) is 11.5 Å². The van der Waals surface area contributed by atoms with Gasteiger partial charge in [-0.2, -0.15) is 26.3 Å². The summed E-state index contributed by atoms with van der Waals surface area (Å²) in [6.45, 7) is 4.56.